The zero-order valence-corrected chi connectivity index (χ0v) is 19.3. The Kier molecular flexibility index (Phi) is 8.53. The molecular weight excluding hydrogens is 458 g/mol. The van der Waals surface area contributed by atoms with E-state index in [1.807, 2.05) is 43.3 Å². The van der Waals surface area contributed by atoms with Crippen molar-refractivity contribution in [3.63, 3.8) is 0 Å². The van der Waals surface area contributed by atoms with Crippen molar-refractivity contribution in [3.8, 4) is 0 Å². The topological polar surface area (TPSA) is 53.1 Å². The van der Waals surface area contributed by atoms with Gasteiger partial charge in [-0.1, -0.05) is 25.6 Å². The lowest BCUT2D eigenvalue weighted by molar-refractivity contribution is -0.137. The standard InChI is InChI=1S/C25H29F4N5.CH4/c1-34(2)23-20-5-3-4-6-22(20)32-24(33-23)31-19-11-7-16(8-12-19)14-30-15-17-9-10-18(13-21(17)26)25(27,28)29;/h3-6,9-10,13,16,19,30H,7-8,11-12,14-15H2,1-2H3,(H,31,32,33);1H4. The number of halogens is 4. The van der Waals surface area contributed by atoms with Gasteiger partial charge in [0.2, 0.25) is 5.95 Å². The Morgan fingerprint density at radius 2 is 1.71 bits per heavy atom. The van der Waals surface area contributed by atoms with E-state index in [9.17, 15) is 17.6 Å². The fourth-order valence-corrected chi connectivity index (χ4v) is 4.44. The van der Waals surface area contributed by atoms with E-state index in [1.165, 1.54) is 6.07 Å². The van der Waals surface area contributed by atoms with E-state index in [1.54, 1.807) is 0 Å². The van der Waals surface area contributed by atoms with Crippen molar-refractivity contribution < 1.29 is 17.6 Å². The van der Waals surface area contributed by atoms with Crippen LogP contribution in [0.4, 0.5) is 29.3 Å². The minimum Gasteiger partial charge on any atom is -0.362 e. The van der Waals surface area contributed by atoms with Crippen LogP contribution in [-0.4, -0.2) is 36.6 Å². The SMILES string of the molecule is C.CN(C)c1nc(NC2CCC(CNCc3ccc(C(F)(F)F)cc3F)CC2)nc2ccccc12. The zero-order valence-electron chi connectivity index (χ0n) is 19.3. The molecule has 0 aliphatic heterocycles. The molecule has 1 heterocycles. The van der Waals surface area contributed by atoms with Gasteiger partial charge in [-0.05, 0) is 62.4 Å². The monoisotopic (exact) mass is 491 g/mol. The highest BCUT2D eigenvalue weighted by Gasteiger charge is 2.31. The molecule has 1 saturated carbocycles. The van der Waals surface area contributed by atoms with Crippen molar-refractivity contribution in [2.45, 2.75) is 51.9 Å². The highest BCUT2D eigenvalue weighted by Crippen LogP contribution is 2.31. The molecular formula is C26H33F4N5. The number of rotatable bonds is 7. The van der Waals surface area contributed by atoms with Gasteiger partial charge >= 0.3 is 6.18 Å². The summed E-state index contributed by atoms with van der Waals surface area (Å²) in [6, 6.07) is 10.9. The van der Waals surface area contributed by atoms with Gasteiger partial charge in [0.25, 0.3) is 0 Å². The minimum absolute atomic E-state index is 0. The number of nitrogens with one attached hydrogen (secondary N) is 2. The highest BCUT2D eigenvalue weighted by atomic mass is 19.4. The van der Waals surface area contributed by atoms with Gasteiger partial charge in [0.05, 0.1) is 11.1 Å². The lowest BCUT2D eigenvalue weighted by Crippen LogP contribution is -2.31. The molecule has 4 rings (SSSR count). The second-order valence-corrected chi connectivity index (χ2v) is 9.08. The summed E-state index contributed by atoms with van der Waals surface area (Å²) in [5, 5.41) is 7.70. The number of aromatic nitrogens is 2. The number of hydrogen-bond acceptors (Lipinski definition) is 5. The van der Waals surface area contributed by atoms with E-state index in [-0.39, 0.29) is 25.6 Å². The number of alkyl halides is 3. The van der Waals surface area contributed by atoms with Crippen LogP contribution in [0.1, 0.15) is 44.2 Å². The highest BCUT2D eigenvalue weighted by molar-refractivity contribution is 5.90. The number of benzene rings is 2. The summed E-state index contributed by atoms with van der Waals surface area (Å²) in [7, 11) is 3.93. The van der Waals surface area contributed by atoms with E-state index >= 15 is 0 Å². The first-order chi connectivity index (χ1) is 16.2. The average molecular weight is 492 g/mol. The normalized spacial score (nSPS) is 18.2. The van der Waals surface area contributed by atoms with Crippen LogP contribution in [0.25, 0.3) is 10.9 Å². The first-order valence-electron chi connectivity index (χ1n) is 11.5. The molecule has 1 fully saturated rings. The molecule has 5 nitrogen and oxygen atoms in total. The molecule has 2 aromatic carbocycles. The molecule has 0 bridgehead atoms. The van der Waals surface area contributed by atoms with Crippen molar-refractivity contribution >= 4 is 22.7 Å². The molecule has 9 heteroatoms. The van der Waals surface area contributed by atoms with Crippen LogP contribution in [0.3, 0.4) is 0 Å². The van der Waals surface area contributed by atoms with Crippen molar-refractivity contribution in [1.29, 1.82) is 0 Å². The Morgan fingerprint density at radius 3 is 2.37 bits per heavy atom. The van der Waals surface area contributed by atoms with Gasteiger partial charge in [-0.25, -0.2) is 9.37 Å². The third-order valence-electron chi connectivity index (χ3n) is 6.32. The largest absolute Gasteiger partial charge is 0.416 e. The van der Waals surface area contributed by atoms with E-state index in [4.69, 9.17) is 4.98 Å². The van der Waals surface area contributed by atoms with E-state index in [0.717, 1.165) is 48.5 Å². The van der Waals surface area contributed by atoms with Crippen molar-refractivity contribution in [2.75, 3.05) is 30.9 Å². The molecule has 0 radical (unpaired) electrons. The molecule has 1 aliphatic carbocycles. The van der Waals surface area contributed by atoms with Crippen LogP contribution < -0.4 is 15.5 Å². The van der Waals surface area contributed by atoms with Crippen LogP contribution in [0, 0.1) is 11.7 Å². The summed E-state index contributed by atoms with van der Waals surface area (Å²) < 4.78 is 52.1. The van der Waals surface area contributed by atoms with Crippen LogP contribution in [0.2, 0.25) is 0 Å². The quantitative estimate of drug-likeness (QED) is 0.383. The fraction of sp³-hybridized carbons (Fsp3) is 0.462. The van der Waals surface area contributed by atoms with Crippen LogP contribution in [0.5, 0.6) is 0 Å². The van der Waals surface area contributed by atoms with E-state index < -0.39 is 17.6 Å². The molecule has 2 N–H and O–H groups in total. The van der Waals surface area contributed by atoms with Crippen LogP contribution in [0.15, 0.2) is 42.5 Å². The maximum atomic E-state index is 14.0. The molecule has 35 heavy (non-hydrogen) atoms. The first-order valence-corrected chi connectivity index (χ1v) is 11.5. The van der Waals surface area contributed by atoms with Crippen molar-refractivity contribution in [3.05, 3.63) is 59.4 Å². The molecule has 1 aromatic heterocycles. The molecule has 0 atom stereocenters. The fourth-order valence-electron chi connectivity index (χ4n) is 4.44. The lowest BCUT2D eigenvalue weighted by atomic mass is 9.86. The third-order valence-corrected chi connectivity index (χ3v) is 6.32. The second-order valence-electron chi connectivity index (χ2n) is 9.08. The van der Waals surface area contributed by atoms with Gasteiger partial charge in [0.1, 0.15) is 11.6 Å². The Labute approximate surface area is 204 Å². The number of fused-ring (bicyclic) bond motifs is 1. The minimum atomic E-state index is -4.54. The van der Waals surface area contributed by atoms with Crippen molar-refractivity contribution in [2.24, 2.45) is 5.92 Å². The molecule has 3 aromatic rings. The molecule has 0 saturated heterocycles. The molecule has 0 unspecified atom stereocenters. The molecule has 1 aliphatic rings. The first kappa shape index (κ1) is 26.7. The van der Waals surface area contributed by atoms with Gasteiger partial charge in [-0.15, -0.1) is 0 Å². The average Bonchev–Trinajstić information content (AvgIpc) is 2.80. The predicted octanol–water partition coefficient (Wildman–Crippen LogP) is 6.25. The summed E-state index contributed by atoms with van der Waals surface area (Å²) in [5.74, 6) is 1.11. The van der Waals surface area contributed by atoms with Gasteiger partial charge < -0.3 is 15.5 Å². The maximum Gasteiger partial charge on any atom is 0.416 e. The van der Waals surface area contributed by atoms with Gasteiger partial charge in [0.15, 0.2) is 0 Å². The smallest absolute Gasteiger partial charge is 0.362 e. The Balaban J connectivity index is 0.00000342. The van der Waals surface area contributed by atoms with Gasteiger partial charge in [0, 0.05) is 37.6 Å². The number of anilines is 2. The number of nitrogens with zero attached hydrogens (tertiary/aromatic N) is 3. The van der Waals surface area contributed by atoms with Gasteiger partial charge in [-0.3, -0.25) is 0 Å². The van der Waals surface area contributed by atoms with Crippen LogP contribution >= 0.6 is 0 Å². The number of para-hydroxylation sites is 1. The summed E-state index contributed by atoms with van der Waals surface area (Å²) >= 11 is 0. The van der Waals surface area contributed by atoms with Crippen molar-refractivity contribution in [1.82, 2.24) is 15.3 Å². The zero-order chi connectivity index (χ0) is 24.3. The summed E-state index contributed by atoms with van der Waals surface area (Å²) in [5.41, 5.74) is 0.179. The Morgan fingerprint density at radius 1 is 1.00 bits per heavy atom. The van der Waals surface area contributed by atoms with E-state index in [0.29, 0.717) is 24.5 Å². The molecule has 0 amide bonds. The van der Waals surface area contributed by atoms with Crippen LogP contribution in [-0.2, 0) is 12.7 Å². The maximum absolute atomic E-state index is 14.0. The third kappa shape index (κ3) is 6.60. The molecule has 0 spiro atoms. The Hall–Kier alpha value is -2.94. The Bertz CT molecular complexity index is 1120. The second kappa shape index (κ2) is 11.2. The predicted molar refractivity (Wildman–Crippen MR) is 133 cm³/mol. The van der Waals surface area contributed by atoms with E-state index in [2.05, 4.69) is 15.6 Å². The lowest BCUT2D eigenvalue weighted by Gasteiger charge is -2.29. The molecule has 190 valence electrons. The van der Waals surface area contributed by atoms with Gasteiger partial charge in [-0.2, -0.15) is 18.2 Å². The summed E-state index contributed by atoms with van der Waals surface area (Å²) in [6.07, 6.45) is -0.614. The summed E-state index contributed by atoms with van der Waals surface area (Å²) in [6.45, 7) is 0.908. The summed E-state index contributed by atoms with van der Waals surface area (Å²) in [4.78, 5) is 11.4. The number of hydrogen-bond donors (Lipinski definition) is 2.